The Kier molecular flexibility index (Phi) is 7.65. The molecule has 3 amide bonds. The minimum atomic E-state index is -0.686. The molecule has 1 aliphatic carbocycles. The summed E-state index contributed by atoms with van der Waals surface area (Å²) in [4.78, 5) is 38.5. The van der Waals surface area contributed by atoms with E-state index in [1.165, 1.54) is 12.8 Å². The maximum absolute atomic E-state index is 12.6. The Hall–Kier alpha value is -2.45. The molecule has 8 nitrogen and oxygen atoms in total. The van der Waals surface area contributed by atoms with E-state index in [4.69, 9.17) is 4.74 Å². The van der Waals surface area contributed by atoms with Crippen LogP contribution < -0.4 is 20.7 Å². The van der Waals surface area contributed by atoms with Gasteiger partial charge in [-0.15, -0.1) is 0 Å². The Labute approximate surface area is 195 Å². The third-order valence-corrected chi connectivity index (χ3v) is 7.07. The Morgan fingerprint density at radius 1 is 1.18 bits per heavy atom. The van der Waals surface area contributed by atoms with Gasteiger partial charge in [-0.2, -0.15) is 0 Å². The lowest BCUT2D eigenvalue weighted by atomic mass is 9.85. The highest BCUT2D eigenvalue weighted by Crippen LogP contribution is 2.32. The Balaban J connectivity index is 1.28. The number of carbonyl (C=O) groups is 3. The maximum Gasteiger partial charge on any atom is 0.252 e. The summed E-state index contributed by atoms with van der Waals surface area (Å²) in [6.07, 6.45) is 5.20. The first-order chi connectivity index (χ1) is 15.9. The van der Waals surface area contributed by atoms with Gasteiger partial charge in [-0.1, -0.05) is 6.07 Å². The zero-order chi connectivity index (χ0) is 23.4. The van der Waals surface area contributed by atoms with Gasteiger partial charge in [0, 0.05) is 43.5 Å². The number of amides is 3. The predicted molar refractivity (Wildman–Crippen MR) is 125 cm³/mol. The van der Waals surface area contributed by atoms with Crippen LogP contribution in [0, 0.1) is 5.92 Å². The minimum absolute atomic E-state index is 0.151. The number of hydrogen-bond donors (Lipinski definition) is 3. The zero-order valence-electron chi connectivity index (χ0n) is 19.6. The first kappa shape index (κ1) is 23.7. The predicted octanol–water partition coefficient (Wildman–Crippen LogP) is 1.84. The van der Waals surface area contributed by atoms with Crippen molar-refractivity contribution in [1.29, 1.82) is 0 Å². The maximum atomic E-state index is 12.6. The van der Waals surface area contributed by atoms with Crippen molar-refractivity contribution in [3.63, 3.8) is 0 Å². The smallest absolute Gasteiger partial charge is 0.252 e. The van der Waals surface area contributed by atoms with Gasteiger partial charge in [0.25, 0.3) is 5.91 Å². The minimum Gasteiger partial charge on any atom is -0.490 e. The lowest BCUT2D eigenvalue weighted by molar-refractivity contribution is -0.134. The summed E-state index contributed by atoms with van der Waals surface area (Å²) >= 11 is 0. The van der Waals surface area contributed by atoms with E-state index >= 15 is 0 Å². The van der Waals surface area contributed by atoms with E-state index in [2.05, 4.69) is 34.7 Å². The zero-order valence-corrected chi connectivity index (χ0v) is 19.6. The van der Waals surface area contributed by atoms with E-state index in [9.17, 15) is 14.4 Å². The fraction of sp³-hybridized carbons (Fsp3) is 0.640. The van der Waals surface area contributed by atoms with Gasteiger partial charge < -0.3 is 15.4 Å². The van der Waals surface area contributed by atoms with E-state index in [1.807, 2.05) is 6.07 Å². The summed E-state index contributed by atoms with van der Waals surface area (Å²) in [5, 5.41) is 8.43. The molecule has 2 saturated heterocycles. The first-order valence-corrected chi connectivity index (χ1v) is 12.3. The SMILES string of the molecule is CC(C)N(CC1CCNCC1)[C@H]1C[C@H](Oc2cccc(C(=O)NC3CCC(=O)NC3=O)c2)C1. The number of piperidine rings is 2. The Morgan fingerprint density at radius 2 is 1.94 bits per heavy atom. The molecule has 2 heterocycles. The second kappa shape index (κ2) is 10.7. The molecule has 3 aliphatic rings. The number of carbonyl (C=O) groups excluding carboxylic acids is 3. The lowest BCUT2D eigenvalue weighted by Gasteiger charge is -2.46. The number of hydrogen-bond acceptors (Lipinski definition) is 6. The van der Waals surface area contributed by atoms with E-state index in [1.54, 1.807) is 18.2 Å². The Bertz CT molecular complexity index is 862. The summed E-state index contributed by atoms with van der Waals surface area (Å²) < 4.78 is 6.18. The molecule has 8 heteroatoms. The first-order valence-electron chi connectivity index (χ1n) is 12.3. The molecule has 1 atom stereocenters. The molecule has 0 radical (unpaired) electrons. The third kappa shape index (κ3) is 6.12. The average molecular weight is 457 g/mol. The summed E-state index contributed by atoms with van der Waals surface area (Å²) in [5.74, 6) is 0.351. The van der Waals surface area contributed by atoms with Gasteiger partial charge in [-0.05, 0) is 70.3 Å². The number of benzene rings is 1. The van der Waals surface area contributed by atoms with Crippen LogP contribution in [0.25, 0.3) is 0 Å². The van der Waals surface area contributed by atoms with Gasteiger partial charge in [-0.3, -0.25) is 24.6 Å². The molecule has 180 valence electrons. The van der Waals surface area contributed by atoms with Crippen LogP contribution in [0.3, 0.4) is 0 Å². The number of ether oxygens (including phenoxy) is 1. The third-order valence-electron chi connectivity index (χ3n) is 7.07. The molecule has 0 bridgehead atoms. The fourth-order valence-electron chi connectivity index (χ4n) is 5.02. The van der Waals surface area contributed by atoms with Gasteiger partial charge >= 0.3 is 0 Å². The van der Waals surface area contributed by atoms with Gasteiger partial charge in [0.15, 0.2) is 0 Å². The molecule has 33 heavy (non-hydrogen) atoms. The largest absolute Gasteiger partial charge is 0.490 e. The Morgan fingerprint density at radius 3 is 2.64 bits per heavy atom. The molecular weight excluding hydrogens is 420 g/mol. The molecule has 4 rings (SSSR count). The molecule has 2 aliphatic heterocycles. The highest BCUT2D eigenvalue weighted by molar-refractivity contribution is 6.03. The summed E-state index contributed by atoms with van der Waals surface area (Å²) in [6, 6.07) is 7.47. The van der Waals surface area contributed by atoms with E-state index in [0.29, 0.717) is 29.8 Å². The lowest BCUT2D eigenvalue weighted by Crippen LogP contribution is -2.53. The quantitative estimate of drug-likeness (QED) is 0.516. The van der Waals surface area contributed by atoms with E-state index in [-0.39, 0.29) is 24.3 Å². The standard InChI is InChI=1S/C25H36N4O4/c1-16(2)29(15-17-8-10-26-11-9-17)19-13-21(14-19)33-20-5-3-4-18(12-20)24(31)27-22-6-7-23(30)28-25(22)32/h3-5,12,16-17,19,21-22,26H,6-11,13-15H2,1-2H3,(H,27,31)(H,28,30,32)/t19-,21-,22?. The van der Waals surface area contributed by atoms with Crippen LogP contribution in [-0.2, 0) is 9.59 Å². The molecule has 0 spiro atoms. The van der Waals surface area contributed by atoms with Gasteiger partial charge in [0.05, 0.1) is 0 Å². The van der Waals surface area contributed by atoms with Crippen molar-refractivity contribution in [2.45, 2.75) is 76.6 Å². The number of imide groups is 1. The molecular formula is C25H36N4O4. The van der Waals surface area contributed by atoms with Crippen LogP contribution in [0.4, 0.5) is 0 Å². The second-order valence-corrected chi connectivity index (χ2v) is 9.85. The molecule has 1 saturated carbocycles. The number of rotatable bonds is 8. The summed E-state index contributed by atoms with van der Waals surface area (Å²) in [6.45, 7) is 7.97. The van der Waals surface area contributed by atoms with Crippen LogP contribution in [0.2, 0.25) is 0 Å². The normalized spacial score (nSPS) is 26.1. The monoisotopic (exact) mass is 456 g/mol. The van der Waals surface area contributed by atoms with Gasteiger partial charge in [0.1, 0.15) is 17.9 Å². The van der Waals surface area contributed by atoms with Crippen molar-refractivity contribution in [3.05, 3.63) is 29.8 Å². The van der Waals surface area contributed by atoms with Crippen LogP contribution in [0.15, 0.2) is 24.3 Å². The van der Waals surface area contributed by atoms with Crippen LogP contribution in [-0.4, -0.2) is 66.5 Å². The second-order valence-electron chi connectivity index (χ2n) is 9.85. The van der Waals surface area contributed by atoms with Crippen molar-refractivity contribution < 1.29 is 19.1 Å². The number of nitrogens with one attached hydrogen (secondary N) is 3. The van der Waals surface area contributed by atoms with Crippen molar-refractivity contribution in [3.8, 4) is 5.75 Å². The fourth-order valence-corrected chi connectivity index (χ4v) is 5.02. The van der Waals surface area contributed by atoms with Crippen molar-refractivity contribution in [2.24, 2.45) is 5.92 Å². The van der Waals surface area contributed by atoms with Crippen LogP contribution >= 0.6 is 0 Å². The molecule has 1 aromatic carbocycles. The van der Waals surface area contributed by atoms with Crippen LogP contribution in [0.5, 0.6) is 5.75 Å². The summed E-state index contributed by atoms with van der Waals surface area (Å²) in [5.41, 5.74) is 0.447. The highest BCUT2D eigenvalue weighted by Gasteiger charge is 2.37. The van der Waals surface area contributed by atoms with Crippen molar-refractivity contribution in [2.75, 3.05) is 19.6 Å². The number of nitrogens with zero attached hydrogens (tertiary/aromatic N) is 1. The molecule has 0 aromatic heterocycles. The average Bonchev–Trinajstić information content (AvgIpc) is 2.77. The van der Waals surface area contributed by atoms with Crippen molar-refractivity contribution >= 4 is 17.7 Å². The molecule has 1 unspecified atom stereocenters. The molecule has 3 fully saturated rings. The van der Waals surface area contributed by atoms with Gasteiger partial charge in [-0.25, -0.2) is 0 Å². The van der Waals surface area contributed by atoms with Crippen LogP contribution in [0.1, 0.15) is 62.7 Å². The molecule has 3 N–H and O–H groups in total. The van der Waals surface area contributed by atoms with E-state index in [0.717, 1.165) is 38.4 Å². The highest BCUT2D eigenvalue weighted by atomic mass is 16.5. The summed E-state index contributed by atoms with van der Waals surface area (Å²) in [7, 11) is 0. The molecule has 1 aromatic rings. The van der Waals surface area contributed by atoms with Crippen molar-refractivity contribution in [1.82, 2.24) is 20.9 Å². The van der Waals surface area contributed by atoms with Gasteiger partial charge in [0.2, 0.25) is 11.8 Å². The van der Waals surface area contributed by atoms with E-state index < -0.39 is 11.9 Å². The topological polar surface area (TPSA) is 99.8 Å².